The predicted octanol–water partition coefficient (Wildman–Crippen LogP) is -0.379. The Hall–Kier alpha value is -1.29. The molecule has 4 heteroatoms. The van der Waals surface area contributed by atoms with Crippen molar-refractivity contribution < 1.29 is 4.79 Å². The van der Waals surface area contributed by atoms with Crippen LogP contribution in [0.3, 0.4) is 0 Å². The number of amidine groups is 1. The van der Waals surface area contributed by atoms with Gasteiger partial charge in [0.05, 0.1) is 6.20 Å². The highest BCUT2D eigenvalue weighted by atomic mass is 16.1. The average Bonchev–Trinajstić information content (AvgIpc) is 2.33. The molecule has 2 aliphatic heterocycles. The summed E-state index contributed by atoms with van der Waals surface area (Å²) in [5.41, 5.74) is 0. The van der Waals surface area contributed by atoms with E-state index in [0.717, 1.165) is 5.84 Å². The molecule has 0 atom stereocenters. The highest BCUT2D eigenvalue weighted by Gasteiger charge is 2.30. The molecule has 0 saturated heterocycles. The zero-order valence-electron chi connectivity index (χ0n) is 5.19. The summed E-state index contributed by atoms with van der Waals surface area (Å²) in [7, 11) is 0. The van der Waals surface area contributed by atoms with Gasteiger partial charge in [0.15, 0.2) is 6.20 Å². The third-order valence-electron chi connectivity index (χ3n) is 1.38. The minimum atomic E-state index is -0.120. The number of carbonyl (C=O) groups is 1. The van der Waals surface area contributed by atoms with Gasteiger partial charge in [0, 0.05) is 0 Å². The maximum atomic E-state index is 10.7. The Morgan fingerprint density at radius 3 is 3.40 bits per heavy atom. The van der Waals surface area contributed by atoms with E-state index in [-0.39, 0.29) is 5.91 Å². The van der Waals surface area contributed by atoms with Crippen molar-refractivity contribution in [3.05, 3.63) is 12.4 Å². The Bertz CT molecular complexity index is 264. The molecule has 2 rings (SSSR count). The van der Waals surface area contributed by atoms with Gasteiger partial charge in [0.1, 0.15) is 6.21 Å². The van der Waals surface area contributed by atoms with Gasteiger partial charge in [-0.2, -0.15) is 4.99 Å². The van der Waals surface area contributed by atoms with E-state index in [2.05, 4.69) is 9.98 Å². The van der Waals surface area contributed by atoms with Crippen molar-refractivity contribution in [3.8, 4) is 0 Å². The molecule has 1 radical (unpaired) electrons. The van der Waals surface area contributed by atoms with E-state index in [0.29, 0.717) is 6.54 Å². The Balaban J connectivity index is 2.35. The standard InChI is InChI=1S/C6H5N3O/c10-6-4-9-2-1-7-5(9)3-8-6/h1-3H,4H2/q+1. The zero-order valence-corrected chi connectivity index (χ0v) is 5.19. The Morgan fingerprint density at radius 2 is 2.50 bits per heavy atom. The molecule has 0 aromatic heterocycles. The number of amides is 1. The lowest BCUT2D eigenvalue weighted by molar-refractivity contribution is -0.117. The topological polar surface area (TPSA) is 47.7 Å². The van der Waals surface area contributed by atoms with Gasteiger partial charge < -0.3 is 0 Å². The van der Waals surface area contributed by atoms with Gasteiger partial charge in [0.2, 0.25) is 6.54 Å². The Morgan fingerprint density at radius 1 is 1.60 bits per heavy atom. The highest BCUT2D eigenvalue weighted by molar-refractivity contribution is 6.35. The van der Waals surface area contributed by atoms with E-state index in [1.54, 1.807) is 17.3 Å². The van der Waals surface area contributed by atoms with E-state index >= 15 is 0 Å². The quantitative estimate of drug-likeness (QED) is 0.418. The summed E-state index contributed by atoms with van der Waals surface area (Å²) in [6.07, 6.45) is 4.89. The first-order valence-electron chi connectivity index (χ1n) is 2.94. The lowest BCUT2D eigenvalue weighted by Crippen LogP contribution is -2.38. The number of fused-ring (bicyclic) bond motifs is 1. The smallest absolute Gasteiger partial charge is 0.266 e. The molecule has 0 unspecified atom stereocenters. The molecule has 0 aliphatic carbocycles. The summed E-state index contributed by atoms with van der Waals surface area (Å²) in [6.45, 7) is 0.325. The fraction of sp³-hybridized carbons (Fsp3) is 0.167. The zero-order chi connectivity index (χ0) is 6.97. The molecule has 4 nitrogen and oxygen atoms in total. The number of rotatable bonds is 0. The van der Waals surface area contributed by atoms with Crippen molar-refractivity contribution in [1.82, 2.24) is 4.90 Å². The number of nitrogens with zero attached hydrogens (tertiary/aromatic N) is 3. The fourth-order valence-corrected chi connectivity index (χ4v) is 0.898. The van der Waals surface area contributed by atoms with Crippen LogP contribution in [-0.4, -0.2) is 24.5 Å². The SMILES string of the molecule is O=C1C[N+]2C=CN=C2C=N1. The normalized spacial score (nSPS) is 23.2. The first-order chi connectivity index (χ1) is 4.86. The molecule has 0 bridgehead atoms. The van der Waals surface area contributed by atoms with E-state index < -0.39 is 0 Å². The fourth-order valence-electron chi connectivity index (χ4n) is 0.898. The molecular weight excluding hydrogens is 130 g/mol. The molecule has 0 fully saturated rings. The first kappa shape index (κ1) is 5.49. The first-order valence-corrected chi connectivity index (χ1v) is 2.94. The van der Waals surface area contributed by atoms with E-state index in [9.17, 15) is 4.79 Å². The summed E-state index contributed by atoms with van der Waals surface area (Å²) >= 11 is 0. The van der Waals surface area contributed by atoms with Crippen LogP contribution in [0.5, 0.6) is 0 Å². The summed E-state index contributed by atoms with van der Waals surface area (Å²) in [5.74, 6) is 0.630. The second-order valence-electron chi connectivity index (χ2n) is 2.07. The van der Waals surface area contributed by atoms with Crippen molar-refractivity contribution >= 4 is 18.0 Å². The number of aliphatic imine (C=N–C) groups is 2. The van der Waals surface area contributed by atoms with Crippen LogP contribution in [-0.2, 0) is 4.79 Å². The Kier molecular flexibility index (Phi) is 1.01. The third-order valence-corrected chi connectivity index (χ3v) is 1.38. The second kappa shape index (κ2) is 1.85. The van der Waals surface area contributed by atoms with Crippen molar-refractivity contribution in [1.29, 1.82) is 0 Å². The predicted molar refractivity (Wildman–Crippen MR) is 37.1 cm³/mol. The summed E-state index contributed by atoms with van der Waals surface area (Å²) in [4.78, 5) is 20.0. The van der Waals surface area contributed by atoms with Crippen LogP contribution >= 0.6 is 0 Å². The van der Waals surface area contributed by atoms with E-state index in [1.807, 2.05) is 0 Å². The lowest BCUT2D eigenvalue weighted by Gasteiger charge is -2.02. The van der Waals surface area contributed by atoms with E-state index in [1.165, 1.54) is 6.21 Å². The molecule has 1 amide bonds. The molecule has 0 spiro atoms. The van der Waals surface area contributed by atoms with Gasteiger partial charge in [-0.25, -0.2) is 4.99 Å². The van der Waals surface area contributed by atoms with Crippen molar-refractivity contribution in [2.75, 3.05) is 6.54 Å². The van der Waals surface area contributed by atoms with Crippen molar-refractivity contribution in [2.45, 2.75) is 0 Å². The van der Waals surface area contributed by atoms with Crippen molar-refractivity contribution in [2.24, 2.45) is 9.98 Å². The number of carbonyl (C=O) groups excluding carboxylic acids is 1. The molecule has 0 aromatic rings. The molecule has 2 heterocycles. The average molecular weight is 135 g/mol. The third kappa shape index (κ3) is 0.698. The van der Waals surface area contributed by atoms with Gasteiger partial charge in [-0.05, 0) is 0 Å². The second-order valence-corrected chi connectivity index (χ2v) is 2.07. The molecule has 0 aromatic carbocycles. The molecule has 49 valence electrons. The maximum absolute atomic E-state index is 10.7. The van der Waals surface area contributed by atoms with Crippen LogP contribution in [0.4, 0.5) is 0 Å². The van der Waals surface area contributed by atoms with Gasteiger partial charge in [-0.3, -0.25) is 4.79 Å². The van der Waals surface area contributed by atoms with Gasteiger partial charge in [-0.15, -0.1) is 0 Å². The number of hydrogen-bond acceptors (Lipinski definition) is 3. The summed E-state index contributed by atoms with van der Waals surface area (Å²) < 4.78 is 0. The van der Waals surface area contributed by atoms with Crippen LogP contribution in [0.15, 0.2) is 22.4 Å². The lowest BCUT2D eigenvalue weighted by atomic mass is 10.4. The van der Waals surface area contributed by atoms with Crippen LogP contribution in [0.25, 0.3) is 0 Å². The van der Waals surface area contributed by atoms with Gasteiger partial charge in [0.25, 0.3) is 0 Å². The molecular formula is C6H5N3O+. The van der Waals surface area contributed by atoms with Crippen molar-refractivity contribution in [3.63, 3.8) is 0 Å². The molecule has 2 aliphatic rings. The minimum absolute atomic E-state index is 0.120. The van der Waals surface area contributed by atoms with Gasteiger partial charge >= 0.3 is 11.7 Å². The number of hydrogen-bond donors (Lipinski definition) is 0. The van der Waals surface area contributed by atoms with Crippen LogP contribution in [0.2, 0.25) is 0 Å². The van der Waals surface area contributed by atoms with Crippen LogP contribution in [0.1, 0.15) is 0 Å². The van der Waals surface area contributed by atoms with Gasteiger partial charge in [-0.1, -0.05) is 4.90 Å². The summed E-state index contributed by atoms with van der Waals surface area (Å²) in [5, 5.41) is 0. The Labute approximate surface area is 57.6 Å². The van der Waals surface area contributed by atoms with Crippen LogP contribution in [0, 0.1) is 0 Å². The molecule has 10 heavy (non-hydrogen) atoms. The highest BCUT2D eigenvalue weighted by Crippen LogP contribution is 2.01. The molecule has 0 saturated carbocycles. The molecule has 0 N–H and O–H groups in total. The maximum Gasteiger partial charge on any atom is 0.307 e. The minimum Gasteiger partial charge on any atom is -0.266 e. The largest absolute Gasteiger partial charge is 0.307 e. The van der Waals surface area contributed by atoms with Crippen LogP contribution < -0.4 is 4.90 Å². The monoisotopic (exact) mass is 135 g/mol. The summed E-state index contributed by atoms with van der Waals surface area (Å²) in [6, 6.07) is 0. The van der Waals surface area contributed by atoms with E-state index in [4.69, 9.17) is 0 Å².